The van der Waals surface area contributed by atoms with Crippen LogP contribution in [-0.2, 0) is 24.6 Å². The Balaban J connectivity index is 1.39. The lowest BCUT2D eigenvalue weighted by molar-refractivity contribution is -0.0435. The highest BCUT2D eigenvalue weighted by Crippen LogP contribution is 2.36. The van der Waals surface area contributed by atoms with Crippen molar-refractivity contribution in [3.05, 3.63) is 78.4 Å². The Morgan fingerprint density at radius 3 is 2.24 bits per heavy atom. The van der Waals surface area contributed by atoms with E-state index in [4.69, 9.17) is 4.74 Å². The zero-order chi connectivity index (χ0) is 35.1. The van der Waals surface area contributed by atoms with Crippen LogP contribution in [0.15, 0.2) is 87.5 Å². The van der Waals surface area contributed by atoms with E-state index in [0.717, 1.165) is 48.9 Å². The summed E-state index contributed by atoms with van der Waals surface area (Å²) >= 11 is 1.45. The minimum atomic E-state index is -6.02. The number of ether oxygens (including phenoxy) is 1. The molecule has 0 radical (unpaired) electrons. The Morgan fingerprint density at radius 2 is 1.59 bits per heavy atom. The van der Waals surface area contributed by atoms with Crippen molar-refractivity contribution in [2.24, 2.45) is 0 Å². The topological polar surface area (TPSA) is 137 Å². The second-order valence-corrected chi connectivity index (χ2v) is 16.2. The lowest BCUT2D eigenvalue weighted by atomic mass is 10.2. The van der Waals surface area contributed by atoms with Gasteiger partial charge in [0.05, 0.1) is 23.8 Å². The van der Waals surface area contributed by atoms with Gasteiger partial charge in [0.2, 0.25) is 0 Å². The van der Waals surface area contributed by atoms with Crippen molar-refractivity contribution >= 4 is 48.9 Å². The number of anilines is 2. The van der Waals surface area contributed by atoms with E-state index in [0.29, 0.717) is 51.1 Å². The Kier molecular flexibility index (Phi) is 12.1. The molecule has 266 valence electrons. The highest BCUT2D eigenvalue weighted by Gasteiger charge is 2.48. The van der Waals surface area contributed by atoms with E-state index in [1.807, 2.05) is 35.1 Å². The number of thioether (sulfide) groups is 1. The van der Waals surface area contributed by atoms with E-state index in [2.05, 4.69) is 20.4 Å². The number of benzene rings is 3. The van der Waals surface area contributed by atoms with Crippen molar-refractivity contribution in [2.45, 2.75) is 32.7 Å². The normalized spacial score (nSPS) is 17.0. The van der Waals surface area contributed by atoms with E-state index in [9.17, 15) is 34.8 Å². The average molecular weight is 742 g/mol. The van der Waals surface area contributed by atoms with Gasteiger partial charge < -0.3 is 20.3 Å². The Labute approximate surface area is 288 Å². The molecule has 1 amide bonds. The van der Waals surface area contributed by atoms with Crippen LogP contribution in [0.3, 0.4) is 0 Å². The molecule has 5 rings (SSSR count). The van der Waals surface area contributed by atoms with Crippen molar-refractivity contribution in [1.82, 2.24) is 14.9 Å². The number of carbonyl (C=O) groups excluding carboxylic acids is 1. The van der Waals surface area contributed by atoms with Gasteiger partial charge in [-0.05, 0) is 61.0 Å². The number of morpholine rings is 1. The van der Waals surface area contributed by atoms with E-state index in [1.165, 1.54) is 23.9 Å². The molecule has 3 aromatic rings. The summed E-state index contributed by atoms with van der Waals surface area (Å²) in [7, 11) is -10.8. The number of sulfonamides is 1. The fourth-order valence-electron chi connectivity index (χ4n) is 5.42. The zero-order valence-corrected chi connectivity index (χ0v) is 28.9. The van der Waals surface area contributed by atoms with Crippen LogP contribution in [0.25, 0.3) is 0 Å². The molecule has 2 fully saturated rings. The number of rotatable bonds is 13. The van der Waals surface area contributed by atoms with E-state index in [1.54, 1.807) is 12.1 Å². The van der Waals surface area contributed by atoms with E-state index < -0.39 is 52.8 Å². The average Bonchev–Trinajstić information content (AvgIpc) is 3.10. The second-order valence-electron chi connectivity index (χ2n) is 11.5. The lowest BCUT2D eigenvalue weighted by Crippen LogP contribution is -2.43. The number of sulfone groups is 1. The second kappa shape index (κ2) is 16.1. The van der Waals surface area contributed by atoms with Crippen LogP contribution < -0.4 is 20.3 Å². The molecule has 0 spiro atoms. The molecule has 0 saturated carbocycles. The van der Waals surface area contributed by atoms with Gasteiger partial charge in [-0.2, -0.15) is 13.2 Å². The summed E-state index contributed by atoms with van der Waals surface area (Å²) in [4.78, 5) is 16.0. The number of halogens is 3. The molecular weight excluding hydrogens is 704 g/mol. The summed E-state index contributed by atoms with van der Waals surface area (Å²) in [6.45, 7) is 6.16. The van der Waals surface area contributed by atoms with Crippen LogP contribution in [0, 0.1) is 0 Å². The van der Waals surface area contributed by atoms with Gasteiger partial charge in [0.25, 0.3) is 25.8 Å². The van der Waals surface area contributed by atoms with Crippen LogP contribution >= 0.6 is 11.8 Å². The summed E-state index contributed by atoms with van der Waals surface area (Å²) in [5.74, 6) is -0.640. The third-order valence-corrected chi connectivity index (χ3v) is 12.2. The van der Waals surface area contributed by atoms with Crippen molar-refractivity contribution in [3.8, 4) is 0 Å². The number of hydrogen-bond acceptors (Lipinski definition) is 11. The Bertz CT molecular complexity index is 1790. The molecule has 1 unspecified atom stereocenters. The maximum atomic E-state index is 14.0. The first kappa shape index (κ1) is 36.9. The fourth-order valence-corrected chi connectivity index (χ4v) is 8.43. The fraction of sp³-hybridized carbons (Fsp3) is 0.406. The van der Waals surface area contributed by atoms with Crippen LogP contribution in [0.4, 0.5) is 24.5 Å². The molecule has 1 atom stereocenters. The van der Waals surface area contributed by atoms with Crippen molar-refractivity contribution < 1.29 is 39.5 Å². The maximum Gasteiger partial charge on any atom is 0.501 e. The van der Waals surface area contributed by atoms with Gasteiger partial charge in [-0.15, -0.1) is 11.8 Å². The van der Waals surface area contributed by atoms with E-state index >= 15 is 0 Å². The number of piperazine rings is 1. The molecule has 3 aromatic carbocycles. The minimum absolute atomic E-state index is 0.00269. The first-order valence-corrected chi connectivity index (χ1v) is 19.6. The third-order valence-electron chi connectivity index (χ3n) is 8.15. The van der Waals surface area contributed by atoms with Crippen LogP contribution in [0.1, 0.15) is 16.8 Å². The van der Waals surface area contributed by atoms with Gasteiger partial charge in [0.1, 0.15) is 4.90 Å². The van der Waals surface area contributed by atoms with Gasteiger partial charge >= 0.3 is 5.51 Å². The summed E-state index contributed by atoms with van der Waals surface area (Å²) in [6.07, 6.45) is 0.453. The van der Waals surface area contributed by atoms with Crippen molar-refractivity contribution in [1.29, 1.82) is 0 Å². The third kappa shape index (κ3) is 9.67. The molecule has 49 heavy (non-hydrogen) atoms. The van der Waals surface area contributed by atoms with Crippen LogP contribution in [-0.4, -0.2) is 104 Å². The lowest BCUT2D eigenvalue weighted by Gasteiger charge is -2.29. The predicted molar refractivity (Wildman–Crippen MR) is 182 cm³/mol. The highest BCUT2D eigenvalue weighted by atomic mass is 32.2. The quantitative estimate of drug-likeness (QED) is 0.221. The van der Waals surface area contributed by atoms with Gasteiger partial charge in [0, 0.05) is 73.8 Å². The Hall–Kier alpha value is -3.35. The van der Waals surface area contributed by atoms with E-state index in [-0.39, 0.29) is 5.56 Å². The van der Waals surface area contributed by atoms with Gasteiger partial charge in [-0.25, -0.2) is 21.6 Å². The molecule has 0 aromatic heterocycles. The minimum Gasteiger partial charge on any atom is -0.380 e. The molecule has 2 aliphatic heterocycles. The first-order chi connectivity index (χ1) is 23.3. The molecule has 2 aliphatic rings. The molecule has 0 aliphatic carbocycles. The summed E-state index contributed by atoms with van der Waals surface area (Å²) in [6, 6.07) is 17.5. The standard InChI is InChI=1S/C32H38F3N5O6S3/c33-32(34,35)48(42,43)30-22-28(49(44,45)38-31(41)24-6-8-26(9-7-24)40-16-13-36-14-17-40)10-11-29(30)37-25(12-15-39-18-20-46-21-19-39)23-47-27-4-2-1-3-5-27/h1-11,22,25,36-37H,12-21,23H2,(H,38,41). The number of amides is 1. The number of hydrogen-bond donors (Lipinski definition) is 3. The molecular formula is C32H38F3N5O6S3. The molecule has 3 N–H and O–H groups in total. The molecule has 17 heteroatoms. The number of nitrogens with zero attached hydrogens (tertiary/aromatic N) is 2. The van der Waals surface area contributed by atoms with Gasteiger partial charge in [0.15, 0.2) is 0 Å². The van der Waals surface area contributed by atoms with Gasteiger partial charge in [-0.3, -0.25) is 9.69 Å². The smallest absolute Gasteiger partial charge is 0.380 e. The molecule has 2 heterocycles. The van der Waals surface area contributed by atoms with Crippen molar-refractivity contribution in [2.75, 3.05) is 75.0 Å². The van der Waals surface area contributed by atoms with Crippen molar-refractivity contribution in [3.63, 3.8) is 0 Å². The summed E-state index contributed by atoms with van der Waals surface area (Å²) < 4.78 is 101. The predicted octanol–water partition coefficient (Wildman–Crippen LogP) is 3.80. The summed E-state index contributed by atoms with van der Waals surface area (Å²) in [5, 5.41) is 6.20. The molecule has 0 bridgehead atoms. The first-order valence-electron chi connectivity index (χ1n) is 15.7. The highest BCUT2D eigenvalue weighted by molar-refractivity contribution is 7.99. The van der Waals surface area contributed by atoms with Gasteiger partial charge in [-0.1, -0.05) is 18.2 Å². The van der Waals surface area contributed by atoms with Crippen LogP contribution in [0.2, 0.25) is 0 Å². The van der Waals surface area contributed by atoms with Crippen LogP contribution in [0.5, 0.6) is 0 Å². The monoisotopic (exact) mass is 741 g/mol. The molecule has 2 saturated heterocycles. The zero-order valence-electron chi connectivity index (χ0n) is 26.5. The number of carbonyl (C=O) groups is 1. The Morgan fingerprint density at radius 1 is 0.918 bits per heavy atom. The molecule has 11 nitrogen and oxygen atoms in total. The maximum absolute atomic E-state index is 14.0. The number of nitrogens with one attached hydrogen (secondary N) is 3. The number of alkyl halides is 3. The largest absolute Gasteiger partial charge is 0.501 e. The summed E-state index contributed by atoms with van der Waals surface area (Å²) in [5.41, 5.74) is -5.27. The SMILES string of the molecule is O=C(NS(=O)(=O)c1ccc(NC(CCN2CCOCC2)CSc2ccccc2)c(S(=O)(=O)C(F)(F)F)c1)c1ccc(N2CCNCC2)cc1.